The number of unbranched alkanes of at least 4 members (excludes halogenated alkanes) is 4. The predicted octanol–water partition coefficient (Wildman–Crippen LogP) is -6.90. The highest BCUT2D eigenvalue weighted by Crippen LogP contribution is 2.22. The fraction of sp³-hybridized carbons (Fsp3) is 0.654. The molecule has 3 heterocycles. The number of rotatable bonds is 24. The lowest BCUT2D eigenvalue weighted by Gasteiger charge is -2.30. The quantitative estimate of drug-likeness (QED) is 0.0243. The molecule has 0 aromatic heterocycles. The Morgan fingerprint density at radius 2 is 0.702 bits per heavy atom. The van der Waals surface area contributed by atoms with E-state index in [-0.39, 0.29) is 154 Å². The topological polar surface area (TPSA) is 458 Å². The highest BCUT2D eigenvalue weighted by Gasteiger charge is 2.40. The maximum absolute atomic E-state index is 14.4. The van der Waals surface area contributed by atoms with Gasteiger partial charge in [0.25, 0.3) is 23.6 Å². The van der Waals surface area contributed by atoms with Gasteiger partial charge in [0.15, 0.2) is 0 Å². The first-order chi connectivity index (χ1) is 40.1. The lowest BCUT2D eigenvalue weighted by molar-refractivity contribution is -0.142. The Morgan fingerprint density at radius 3 is 1.00 bits per heavy atom. The molecule has 84 heavy (non-hydrogen) atoms. The molecule has 3 fully saturated rings. The molecule has 3 aliphatic rings. The van der Waals surface area contributed by atoms with Crippen molar-refractivity contribution >= 4 is 108 Å². The molecule has 0 aliphatic carbocycles. The number of hydrogen-bond acceptors (Lipinski definition) is 18. The molecule has 14 amide bonds. The van der Waals surface area contributed by atoms with E-state index in [0.717, 1.165) is 0 Å². The van der Waals surface area contributed by atoms with Gasteiger partial charge in [0.2, 0.25) is 84.2 Å². The van der Waals surface area contributed by atoms with Crippen LogP contribution in [0.3, 0.4) is 0 Å². The summed E-state index contributed by atoms with van der Waals surface area (Å²) in [5, 5.41) is 29.7. The summed E-state index contributed by atoms with van der Waals surface area (Å²) in [5.41, 5.74) is 0. The Morgan fingerprint density at radius 1 is 0.405 bits per heavy atom. The second-order valence-electron chi connectivity index (χ2n) is 20.3. The van der Waals surface area contributed by atoms with Gasteiger partial charge in [-0.05, 0) is 117 Å². The molecular formula is C52H78N14O18. The lowest BCUT2D eigenvalue weighted by atomic mass is 10.1. The van der Waals surface area contributed by atoms with Gasteiger partial charge in [0.1, 0.15) is 48.3 Å². The van der Waals surface area contributed by atoms with Gasteiger partial charge in [-0.3, -0.25) is 86.3 Å². The Balaban J connectivity index is 2.01. The summed E-state index contributed by atoms with van der Waals surface area (Å²) < 4.78 is 0. The molecule has 0 unspecified atom stereocenters. The summed E-state index contributed by atoms with van der Waals surface area (Å²) in [6.07, 6.45) is 2.55. The molecular weight excluding hydrogens is 1110 g/mol. The van der Waals surface area contributed by atoms with Gasteiger partial charge in [0, 0.05) is 39.3 Å². The number of aldehydes is 4. The molecule has 8 atom stereocenters. The first kappa shape index (κ1) is 69.5. The Labute approximate surface area is 483 Å². The van der Waals surface area contributed by atoms with Crippen molar-refractivity contribution in [2.75, 3.05) is 52.4 Å². The van der Waals surface area contributed by atoms with E-state index in [2.05, 4.69) is 63.8 Å². The van der Waals surface area contributed by atoms with Gasteiger partial charge in [0.05, 0.1) is 13.1 Å². The third-order valence-electron chi connectivity index (χ3n) is 13.9. The summed E-state index contributed by atoms with van der Waals surface area (Å²) >= 11 is 0. The van der Waals surface area contributed by atoms with Crippen LogP contribution in [-0.2, 0) is 86.3 Å². The number of hydrogen-bond donors (Lipinski definition) is 12. The van der Waals surface area contributed by atoms with Crippen molar-refractivity contribution < 1.29 is 86.3 Å². The Kier molecular flexibility index (Phi) is 30.9. The van der Waals surface area contributed by atoms with Crippen molar-refractivity contribution in [2.24, 2.45) is 0 Å². The average molecular weight is 1190 g/mol. The van der Waals surface area contributed by atoms with E-state index in [9.17, 15) is 86.3 Å². The van der Waals surface area contributed by atoms with Gasteiger partial charge in [-0.1, -0.05) is 0 Å². The van der Waals surface area contributed by atoms with Crippen molar-refractivity contribution in [1.82, 2.24) is 73.6 Å². The Bertz CT molecular complexity index is 2260. The zero-order chi connectivity index (χ0) is 62.1. The number of carbonyl (C=O) groups is 18. The third kappa shape index (κ3) is 24.4. The van der Waals surface area contributed by atoms with Gasteiger partial charge >= 0.3 is 0 Å². The van der Waals surface area contributed by atoms with E-state index in [4.69, 9.17) is 0 Å². The van der Waals surface area contributed by atoms with E-state index >= 15 is 0 Å². The summed E-state index contributed by atoms with van der Waals surface area (Å²) in [4.78, 5) is 231. The highest BCUT2D eigenvalue weighted by molar-refractivity contribution is 6.24. The number of nitrogens with zero attached hydrogens (tertiary/aromatic N) is 2. The van der Waals surface area contributed by atoms with Crippen LogP contribution in [0.2, 0.25) is 0 Å². The van der Waals surface area contributed by atoms with Crippen molar-refractivity contribution in [1.29, 1.82) is 0 Å². The van der Waals surface area contributed by atoms with Gasteiger partial charge in [-0.25, -0.2) is 0 Å². The molecule has 32 nitrogen and oxygen atoms in total. The molecule has 0 saturated carbocycles. The summed E-state index contributed by atoms with van der Waals surface area (Å²) in [6, 6.07) is -10.5. The molecule has 32 heteroatoms. The van der Waals surface area contributed by atoms with Crippen LogP contribution in [0.25, 0.3) is 0 Å². The molecule has 0 bridgehead atoms. The van der Waals surface area contributed by atoms with E-state index < -0.39 is 144 Å². The van der Waals surface area contributed by atoms with E-state index in [1.165, 1.54) is 23.6 Å². The van der Waals surface area contributed by atoms with Gasteiger partial charge < -0.3 is 73.6 Å². The number of amides is 14. The standard InChI is InChI=1S/C52H78N14O18/c1-31-45(77)63-35(15-5-9-21-55-43(75)29-69)51(83)65-23-11-17-37(65)49(81)58-26-40(72)62-34(14-4-8-20-54-42(74)28-68)48(80)60-32(2)46(78)64-36(16-6-10-22-56-44(76)30-70)52(84)66-24-12-18-38(66)50(82)57-25-39(71)61-33(47(79)59-31)13-3-7-19-53-41(73)27-67/h27-38H,3-26H2,1-2H3,(H,53,73)(H,54,74)(H,55,75)(H,56,76)(H,57,82)(H,58,81)(H,59,79)(H,60,80)(H,61,71)(H,62,72)(H,63,77)(H,64,78)/t31-,32-,33-,34-,35-,36-,37-,38-/m0/s1. The third-order valence-corrected chi connectivity index (χ3v) is 13.9. The predicted molar refractivity (Wildman–Crippen MR) is 290 cm³/mol. The van der Waals surface area contributed by atoms with Gasteiger partial charge in [-0.15, -0.1) is 0 Å². The van der Waals surface area contributed by atoms with E-state index in [1.807, 2.05) is 0 Å². The summed E-state index contributed by atoms with van der Waals surface area (Å²) in [6.45, 7) is 1.34. The van der Waals surface area contributed by atoms with Crippen LogP contribution in [0.1, 0.15) is 117 Å². The smallest absolute Gasteiger partial charge is 0.284 e. The van der Waals surface area contributed by atoms with Crippen molar-refractivity contribution in [3.05, 3.63) is 0 Å². The second kappa shape index (κ2) is 37.4. The minimum atomic E-state index is -1.39. The highest BCUT2D eigenvalue weighted by atomic mass is 16.2. The minimum absolute atomic E-state index is 0.0238. The normalized spacial score (nSPS) is 23.6. The first-order valence-corrected chi connectivity index (χ1v) is 28.0. The number of carbonyl (C=O) groups excluding carboxylic acids is 18. The van der Waals surface area contributed by atoms with E-state index in [0.29, 0.717) is 12.8 Å². The maximum Gasteiger partial charge on any atom is 0.284 e. The SMILES string of the molecule is C[C@@H]1NC(=O)[C@H](CCCCNC(=O)C=O)NC(=O)CNC(=O)[C@@H]2CCCN2C(=O)[C@H](CCCCNC(=O)C=O)NC(=O)[C@H](C)NC(=O)[C@H](CCCCNC(=O)C=O)NC(=O)CNC(=O)[C@@H]2CCCN2C(=O)[C@H](CCCCNC(=O)C=O)NC1=O. The zero-order valence-corrected chi connectivity index (χ0v) is 47.1. The van der Waals surface area contributed by atoms with Crippen LogP contribution in [0.5, 0.6) is 0 Å². The molecule has 0 radical (unpaired) electrons. The lowest BCUT2D eigenvalue weighted by Crippen LogP contribution is -2.59. The van der Waals surface area contributed by atoms with Crippen molar-refractivity contribution in [2.45, 2.75) is 165 Å². The molecule has 3 aliphatic heterocycles. The van der Waals surface area contributed by atoms with Crippen LogP contribution in [-0.4, -0.2) is 218 Å². The molecule has 3 saturated heterocycles. The van der Waals surface area contributed by atoms with Crippen LogP contribution in [0.4, 0.5) is 0 Å². The summed E-state index contributed by atoms with van der Waals surface area (Å²) in [7, 11) is 0. The van der Waals surface area contributed by atoms with Crippen molar-refractivity contribution in [3.8, 4) is 0 Å². The van der Waals surface area contributed by atoms with Crippen molar-refractivity contribution in [3.63, 3.8) is 0 Å². The number of fused-ring (bicyclic) bond motifs is 2. The molecule has 0 aromatic rings. The zero-order valence-electron chi connectivity index (χ0n) is 47.1. The summed E-state index contributed by atoms with van der Waals surface area (Å²) in [5.74, 6) is -11.8. The average Bonchev–Trinajstić information content (AvgIpc) is 4.36. The largest absolute Gasteiger partial charge is 0.350 e. The molecule has 464 valence electrons. The minimum Gasteiger partial charge on any atom is -0.350 e. The first-order valence-electron chi connectivity index (χ1n) is 28.0. The second-order valence-corrected chi connectivity index (χ2v) is 20.3. The number of nitrogens with one attached hydrogen (secondary N) is 12. The van der Waals surface area contributed by atoms with Gasteiger partial charge in [-0.2, -0.15) is 0 Å². The Hall–Kier alpha value is -8.74. The van der Waals surface area contributed by atoms with Crippen LogP contribution in [0.15, 0.2) is 0 Å². The molecule has 0 spiro atoms. The molecule has 0 aromatic carbocycles. The molecule has 3 rings (SSSR count). The fourth-order valence-electron chi connectivity index (χ4n) is 9.38. The monoisotopic (exact) mass is 1190 g/mol. The van der Waals surface area contributed by atoms with Crippen LogP contribution >= 0.6 is 0 Å². The van der Waals surface area contributed by atoms with E-state index in [1.54, 1.807) is 0 Å². The van der Waals surface area contributed by atoms with Crippen LogP contribution < -0.4 is 63.8 Å². The fourth-order valence-corrected chi connectivity index (χ4v) is 9.38. The maximum atomic E-state index is 14.4. The molecule has 12 N–H and O–H groups in total. The van der Waals surface area contributed by atoms with Crippen LogP contribution in [0, 0.1) is 0 Å².